The van der Waals surface area contributed by atoms with Crippen LogP contribution in [0.15, 0.2) is 12.1 Å². The summed E-state index contributed by atoms with van der Waals surface area (Å²) in [4.78, 5) is 16.2. The molecular weight excluding hydrogens is 234 g/mol. The number of hydrogen-bond acceptors (Lipinski definition) is 4. The molecule has 94 valence electrons. The molecule has 0 aliphatic heterocycles. The molecule has 0 aromatic carbocycles. The highest BCUT2D eigenvalue weighted by atomic mass is 32.2. The van der Waals surface area contributed by atoms with Gasteiger partial charge in [0.05, 0.1) is 0 Å². The van der Waals surface area contributed by atoms with Gasteiger partial charge in [-0.2, -0.15) is 11.8 Å². The van der Waals surface area contributed by atoms with Gasteiger partial charge in [0.15, 0.2) is 0 Å². The summed E-state index contributed by atoms with van der Waals surface area (Å²) in [5.74, 6) is 1.63. The fourth-order valence-electron chi connectivity index (χ4n) is 1.40. The van der Waals surface area contributed by atoms with E-state index in [4.69, 9.17) is 0 Å². The smallest absolute Gasteiger partial charge is 0.251 e. The topological polar surface area (TPSA) is 54.0 Å². The first-order valence-corrected chi connectivity index (χ1v) is 7.06. The van der Waals surface area contributed by atoms with E-state index >= 15 is 0 Å². The minimum Gasteiger partial charge on any atom is -0.373 e. The van der Waals surface area contributed by atoms with Crippen LogP contribution in [0, 0.1) is 0 Å². The molecule has 0 radical (unpaired) electrons. The van der Waals surface area contributed by atoms with Gasteiger partial charge in [0.2, 0.25) is 0 Å². The third kappa shape index (κ3) is 4.26. The van der Waals surface area contributed by atoms with Gasteiger partial charge in [0.25, 0.3) is 5.91 Å². The lowest BCUT2D eigenvalue weighted by Gasteiger charge is -2.08. The molecule has 0 bridgehead atoms. The Balaban J connectivity index is 2.77. The van der Waals surface area contributed by atoms with Crippen molar-refractivity contribution in [1.29, 1.82) is 0 Å². The summed E-state index contributed by atoms with van der Waals surface area (Å²) in [7, 11) is 1.80. The molecular formula is C12H19N3OS. The summed E-state index contributed by atoms with van der Waals surface area (Å²) in [5.41, 5.74) is 1.59. The van der Waals surface area contributed by atoms with Crippen LogP contribution in [0.25, 0.3) is 0 Å². The van der Waals surface area contributed by atoms with Gasteiger partial charge in [-0.1, -0.05) is 6.92 Å². The van der Waals surface area contributed by atoms with Crippen molar-refractivity contribution in [3.8, 4) is 0 Å². The molecule has 17 heavy (non-hydrogen) atoms. The molecule has 0 aliphatic rings. The molecule has 0 spiro atoms. The number of thioether (sulfide) groups is 1. The van der Waals surface area contributed by atoms with Crippen molar-refractivity contribution < 1.29 is 4.79 Å². The summed E-state index contributed by atoms with van der Waals surface area (Å²) in [6.07, 6.45) is 2.84. The van der Waals surface area contributed by atoms with Crippen molar-refractivity contribution >= 4 is 23.5 Å². The molecule has 1 aromatic heterocycles. The van der Waals surface area contributed by atoms with Crippen LogP contribution < -0.4 is 10.6 Å². The molecule has 1 amide bonds. The standard InChI is InChI=1S/C12H19N3OS/c1-4-10-7-9(8-11(13-2)15-10)12(16)14-5-6-17-3/h7-8H,4-6H2,1-3H3,(H,13,15)(H,14,16). The molecule has 1 heterocycles. The number of rotatable bonds is 6. The van der Waals surface area contributed by atoms with Crippen molar-refractivity contribution in [3.05, 3.63) is 23.4 Å². The highest BCUT2D eigenvalue weighted by molar-refractivity contribution is 7.98. The number of pyridine rings is 1. The van der Waals surface area contributed by atoms with E-state index in [-0.39, 0.29) is 5.91 Å². The number of aryl methyl sites for hydroxylation is 1. The molecule has 5 heteroatoms. The van der Waals surface area contributed by atoms with Crippen molar-refractivity contribution in [1.82, 2.24) is 10.3 Å². The third-order valence-corrected chi connectivity index (χ3v) is 2.96. The predicted octanol–water partition coefficient (Wildman–Crippen LogP) is 1.78. The summed E-state index contributed by atoms with van der Waals surface area (Å²) in [6.45, 7) is 2.72. The van der Waals surface area contributed by atoms with Crippen LogP contribution in [0.2, 0.25) is 0 Å². The number of anilines is 1. The lowest BCUT2D eigenvalue weighted by atomic mass is 10.2. The molecule has 1 aromatic rings. The Labute approximate surface area is 107 Å². The van der Waals surface area contributed by atoms with Crippen molar-refractivity contribution in [2.45, 2.75) is 13.3 Å². The fraction of sp³-hybridized carbons (Fsp3) is 0.500. The van der Waals surface area contributed by atoms with Crippen LogP contribution in [-0.4, -0.2) is 36.5 Å². The maximum absolute atomic E-state index is 11.9. The highest BCUT2D eigenvalue weighted by Gasteiger charge is 2.08. The number of nitrogens with one attached hydrogen (secondary N) is 2. The molecule has 2 N–H and O–H groups in total. The van der Waals surface area contributed by atoms with Gasteiger partial charge in [-0.05, 0) is 24.8 Å². The van der Waals surface area contributed by atoms with Gasteiger partial charge in [0.1, 0.15) is 5.82 Å². The van der Waals surface area contributed by atoms with Crippen LogP contribution in [0.5, 0.6) is 0 Å². The van der Waals surface area contributed by atoms with Gasteiger partial charge in [0, 0.05) is 30.6 Å². The fourth-order valence-corrected chi connectivity index (χ4v) is 1.70. The molecule has 0 unspecified atom stereocenters. The highest BCUT2D eigenvalue weighted by Crippen LogP contribution is 2.10. The molecule has 0 aliphatic carbocycles. The molecule has 0 atom stereocenters. The van der Waals surface area contributed by atoms with Crippen molar-refractivity contribution in [2.24, 2.45) is 0 Å². The van der Waals surface area contributed by atoms with E-state index in [1.165, 1.54) is 0 Å². The van der Waals surface area contributed by atoms with E-state index < -0.39 is 0 Å². The summed E-state index contributed by atoms with van der Waals surface area (Å²) >= 11 is 1.71. The SMILES string of the molecule is CCc1cc(C(=O)NCCSC)cc(NC)n1. The van der Waals surface area contributed by atoms with Crippen LogP contribution in [0.4, 0.5) is 5.82 Å². The van der Waals surface area contributed by atoms with Gasteiger partial charge >= 0.3 is 0 Å². The van der Waals surface area contributed by atoms with Gasteiger partial charge < -0.3 is 10.6 Å². The summed E-state index contributed by atoms with van der Waals surface area (Å²) in [5, 5.41) is 5.86. The first-order valence-electron chi connectivity index (χ1n) is 5.67. The van der Waals surface area contributed by atoms with Crippen molar-refractivity contribution in [2.75, 3.05) is 30.9 Å². The zero-order chi connectivity index (χ0) is 12.7. The monoisotopic (exact) mass is 253 g/mol. The number of nitrogens with zero attached hydrogens (tertiary/aromatic N) is 1. The maximum atomic E-state index is 11.9. The van der Waals surface area contributed by atoms with Crippen LogP contribution >= 0.6 is 11.8 Å². The second-order valence-corrected chi connectivity index (χ2v) is 4.57. The first kappa shape index (κ1) is 13.8. The molecule has 0 fully saturated rings. The zero-order valence-electron chi connectivity index (χ0n) is 10.5. The van der Waals surface area contributed by atoms with Crippen molar-refractivity contribution in [3.63, 3.8) is 0 Å². The lowest BCUT2D eigenvalue weighted by Crippen LogP contribution is -2.26. The number of hydrogen-bond donors (Lipinski definition) is 2. The predicted molar refractivity (Wildman–Crippen MR) is 73.9 cm³/mol. The molecule has 4 nitrogen and oxygen atoms in total. The number of aromatic nitrogens is 1. The Morgan fingerprint density at radius 2 is 2.24 bits per heavy atom. The minimum atomic E-state index is -0.0346. The van der Waals surface area contributed by atoms with Crippen LogP contribution in [0.3, 0.4) is 0 Å². The second-order valence-electron chi connectivity index (χ2n) is 3.58. The average molecular weight is 253 g/mol. The zero-order valence-corrected chi connectivity index (χ0v) is 11.4. The van der Waals surface area contributed by atoms with Gasteiger partial charge in [-0.25, -0.2) is 4.98 Å². The van der Waals surface area contributed by atoms with Crippen LogP contribution in [-0.2, 0) is 6.42 Å². The minimum absolute atomic E-state index is 0.0346. The van der Waals surface area contributed by atoms with E-state index in [1.807, 2.05) is 19.2 Å². The van der Waals surface area contributed by atoms with E-state index in [2.05, 4.69) is 15.6 Å². The van der Waals surface area contributed by atoms with Gasteiger partial charge in [-0.15, -0.1) is 0 Å². The Hall–Kier alpha value is -1.23. The normalized spacial score (nSPS) is 10.1. The Morgan fingerprint density at radius 3 is 2.82 bits per heavy atom. The van der Waals surface area contributed by atoms with E-state index in [1.54, 1.807) is 24.9 Å². The first-order chi connectivity index (χ1) is 8.21. The quantitative estimate of drug-likeness (QED) is 0.759. The van der Waals surface area contributed by atoms with Crippen LogP contribution in [0.1, 0.15) is 23.0 Å². The Morgan fingerprint density at radius 1 is 1.47 bits per heavy atom. The Kier molecular flexibility index (Phi) is 5.83. The largest absolute Gasteiger partial charge is 0.373 e. The summed E-state index contributed by atoms with van der Waals surface area (Å²) < 4.78 is 0. The average Bonchev–Trinajstić information content (AvgIpc) is 2.38. The maximum Gasteiger partial charge on any atom is 0.251 e. The van der Waals surface area contributed by atoms with E-state index in [0.29, 0.717) is 12.1 Å². The molecule has 0 saturated heterocycles. The number of carbonyl (C=O) groups excluding carboxylic acids is 1. The third-order valence-electron chi connectivity index (χ3n) is 2.35. The van der Waals surface area contributed by atoms with Gasteiger partial charge in [-0.3, -0.25) is 4.79 Å². The molecule has 0 saturated carbocycles. The number of amides is 1. The second kappa shape index (κ2) is 7.17. The molecule has 1 rings (SSSR count). The number of carbonyl (C=O) groups is 1. The van der Waals surface area contributed by atoms with E-state index in [0.717, 1.165) is 23.7 Å². The Bertz CT molecular complexity index is 360. The lowest BCUT2D eigenvalue weighted by molar-refractivity contribution is 0.0956. The summed E-state index contributed by atoms with van der Waals surface area (Å²) in [6, 6.07) is 3.61. The van der Waals surface area contributed by atoms with E-state index in [9.17, 15) is 4.79 Å².